The number of aryl methyl sites for hydroxylation is 1. The van der Waals surface area contributed by atoms with Crippen molar-refractivity contribution in [2.75, 3.05) is 0 Å². The van der Waals surface area contributed by atoms with E-state index >= 15 is 0 Å². The van der Waals surface area contributed by atoms with Gasteiger partial charge in [0.15, 0.2) is 0 Å². The van der Waals surface area contributed by atoms with Crippen LogP contribution in [0.5, 0.6) is 5.75 Å². The second kappa shape index (κ2) is 6.11. The highest BCUT2D eigenvalue weighted by Gasteiger charge is 2.35. The van der Waals surface area contributed by atoms with E-state index in [1.807, 2.05) is 0 Å². The van der Waals surface area contributed by atoms with Crippen LogP contribution in [-0.2, 0) is 23.2 Å². The third-order valence-electron chi connectivity index (χ3n) is 4.16. The molecule has 0 spiro atoms. The van der Waals surface area contributed by atoms with Gasteiger partial charge < -0.3 is 5.11 Å². The first-order valence-corrected chi connectivity index (χ1v) is 10.1. The fraction of sp³-hybridized carbons (Fsp3) is 0.118. The van der Waals surface area contributed by atoms with E-state index in [1.165, 1.54) is 43.6 Å². The number of fused-ring (bicyclic) bond motifs is 1. The van der Waals surface area contributed by atoms with E-state index in [0.29, 0.717) is 15.8 Å². The lowest BCUT2D eigenvalue weighted by molar-refractivity contribution is -0.143. The zero-order chi connectivity index (χ0) is 20.3. The van der Waals surface area contributed by atoms with E-state index in [0.717, 1.165) is 26.1 Å². The zero-order valence-corrected chi connectivity index (χ0v) is 15.8. The molecule has 0 radical (unpaired) electrons. The summed E-state index contributed by atoms with van der Waals surface area (Å²) in [6.07, 6.45) is -3.19. The van der Waals surface area contributed by atoms with Crippen molar-refractivity contribution in [2.45, 2.75) is 10.4 Å². The number of alkyl halides is 3. The van der Waals surface area contributed by atoms with Crippen molar-refractivity contribution in [3.63, 3.8) is 0 Å². The summed E-state index contributed by atoms with van der Waals surface area (Å²) in [5.41, 5.74) is -0.495. The number of phenolic OH excluding ortho intramolecular Hbond substituents is 1. The van der Waals surface area contributed by atoms with Gasteiger partial charge in [0.25, 0.3) is 10.0 Å². The Morgan fingerprint density at radius 3 is 2.54 bits per heavy atom. The molecule has 0 atom stereocenters. The fourth-order valence-corrected chi connectivity index (χ4v) is 5.57. The molecule has 0 saturated heterocycles. The fourth-order valence-electron chi connectivity index (χ4n) is 2.86. The molecule has 0 bridgehead atoms. The molecule has 0 unspecified atom stereocenters. The predicted octanol–water partition coefficient (Wildman–Crippen LogP) is 4.06. The van der Waals surface area contributed by atoms with Gasteiger partial charge in [0, 0.05) is 18.6 Å². The van der Waals surface area contributed by atoms with Gasteiger partial charge >= 0.3 is 6.18 Å². The van der Waals surface area contributed by atoms with Gasteiger partial charge in [-0.3, -0.25) is 4.68 Å². The van der Waals surface area contributed by atoms with Crippen LogP contribution >= 0.6 is 11.3 Å². The van der Waals surface area contributed by atoms with E-state index in [9.17, 15) is 26.7 Å². The number of nitrogens with zero attached hydrogens (tertiary/aromatic N) is 3. The van der Waals surface area contributed by atoms with Gasteiger partial charge in [0.2, 0.25) is 0 Å². The Morgan fingerprint density at radius 2 is 1.86 bits per heavy atom. The summed E-state index contributed by atoms with van der Waals surface area (Å²) in [6, 6.07) is 9.49. The van der Waals surface area contributed by atoms with Crippen LogP contribution < -0.4 is 0 Å². The summed E-state index contributed by atoms with van der Waals surface area (Å²) in [4.78, 5) is 0.304. The Hall–Kier alpha value is -2.79. The van der Waals surface area contributed by atoms with E-state index in [4.69, 9.17) is 0 Å². The molecule has 0 aliphatic heterocycles. The van der Waals surface area contributed by atoms with Gasteiger partial charge in [-0.2, -0.15) is 26.7 Å². The average Bonchev–Trinajstić information content (AvgIpc) is 3.30. The van der Waals surface area contributed by atoms with E-state index < -0.39 is 21.9 Å². The van der Waals surface area contributed by atoms with E-state index in [-0.39, 0.29) is 15.7 Å². The second-order valence-corrected chi connectivity index (χ2v) is 9.14. The third kappa shape index (κ3) is 2.96. The van der Waals surface area contributed by atoms with Crippen molar-refractivity contribution in [1.82, 2.24) is 13.8 Å². The van der Waals surface area contributed by atoms with Crippen LogP contribution in [0, 0.1) is 0 Å². The lowest BCUT2D eigenvalue weighted by Crippen LogP contribution is -2.11. The summed E-state index contributed by atoms with van der Waals surface area (Å²) >= 11 is 0.834. The summed E-state index contributed by atoms with van der Waals surface area (Å²) in [5, 5.41) is 13.9. The minimum atomic E-state index is -4.55. The molecule has 0 aliphatic carbocycles. The molecule has 0 amide bonds. The monoisotopic (exact) mass is 427 g/mol. The highest BCUT2D eigenvalue weighted by atomic mass is 32.2. The van der Waals surface area contributed by atoms with Crippen LogP contribution in [0.2, 0.25) is 0 Å². The van der Waals surface area contributed by atoms with Crippen molar-refractivity contribution >= 4 is 32.3 Å². The Morgan fingerprint density at radius 1 is 1.11 bits per heavy atom. The van der Waals surface area contributed by atoms with Gasteiger partial charge in [-0.05, 0) is 42.5 Å². The molecule has 0 aliphatic rings. The Labute approximate surface area is 161 Å². The lowest BCUT2D eigenvalue weighted by Gasteiger charge is -2.05. The summed E-state index contributed by atoms with van der Waals surface area (Å²) in [7, 11) is -2.78. The molecule has 11 heteroatoms. The van der Waals surface area contributed by atoms with Gasteiger partial charge in [-0.1, -0.05) is 0 Å². The van der Waals surface area contributed by atoms with Gasteiger partial charge in [0.1, 0.15) is 21.3 Å². The molecule has 3 aromatic heterocycles. The van der Waals surface area contributed by atoms with Crippen molar-refractivity contribution < 1.29 is 26.7 Å². The molecule has 6 nitrogen and oxygen atoms in total. The van der Waals surface area contributed by atoms with Gasteiger partial charge in [-0.25, -0.2) is 3.97 Å². The molecule has 1 aromatic carbocycles. The van der Waals surface area contributed by atoms with Crippen LogP contribution in [0.1, 0.15) is 5.69 Å². The van der Waals surface area contributed by atoms with Crippen LogP contribution in [-0.4, -0.2) is 27.3 Å². The average molecular weight is 427 g/mol. The van der Waals surface area contributed by atoms with Crippen molar-refractivity contribution in [2.24, 2.45) is 7.05 Å². The number of aromatic nitrogens is 3. The second-order valence-electron chi connectivity index (χ2n) is 6.01. The number of rotatable bonds is 3. The van der Waals surface area contributed by atoms with Gasteiger partial charge in [-0.15, -0.1) is 11.3 Å². The maximum absolute atomic E-state index is 13.0. The standard InChI is InChI=1S/C17H12F3N3O3S2/c1-22-15(17(18,19)20)9-12(21-22)14-4-5-16(27-14)28(25,26)23-7-6-10-8-11(24)2-3-13(10)23/h2-9,24H,1H3. The van der Waals surface area contributed by atoms with Crippen molar-refractivity contribution in [1.29, 1.82) is 0 Å². The lowest BCUT2D eigenvalue weighted by atomic mass is 10.2. The Bertz CT molecular complexity index is 1300. The zero-order valence-electron chi connectivity index (χ0n) is 14.2. The third-order valence-corrected chi connectivity index (χ3v) is 7.42. The number of benzene rings is 1. The van der Waals surface area contributed by atoms with Crippen molar-refractivity contribution in [3.05, 3.63) is 54.4 Å². The first-order valence-electron chi connectivity index (χ1n) is 7.84. The molecule has 4 rings (SSSR count). The molecular formula is C17H12F3N3O3S2. The highest BCUT2D eigenvalue weighted by molar-refractivity contribution is 7.92. The van der Waals surface area contributed by atoms with Crippen molar-refractivity contribution in [3.8, 4) is 16.3 Å². The van der Waals surface area contributed by atoms with Crippen LogP contribution in [0.15, 0.2) is 52.9 Å². The molecular weight excluding hydrogens is 415 g/mol. The molecule has 4 aromatic rings. The van der Waals surface area contributed by atoms with Crippen LogP contribution in [0.3, 0.4) is 0 Å². The Kier molecular flexibility index (Phi) is 4.05. The number of hydrogen-bond acceptors (Lipinski definition) is 5. The normalized spacial score (nSPS) is 12.7. The predicted molar refractivity (Wildman–Crippen MR) is 97.7 cm³/mol. The number of phenols is 1. The largest absolute Gasteiger partial charge is 0.508 e. The molecule has 146 valence electrons. The van der Waals surface area contributed by atoms with E-state index in [2.05, 4.69) is 5.10 Å². The summed E-state index contributed by atoms with van der Waals surface area (Å²) in [6.45, 7) is 0. The molecule has 3 heterocycles. The minimum absolute atomic E-state index is 0.0108. The summed E-state index contributed by atoms with van der Waals surface area (Å²) < 4.78 is 66.6. The maximum atomic E-state index is 13.0. The van der Waals surface area contributed by atoms with Crippen LogP contribution in [0.25, 0.3) is 21.5 Å². The molecule has 0 fully saturated rings. The first kappa shape index (κ1) is 18.6. The van der Waals surface area contributed by atoms with Crippen LogP contribution in [0.4, 0.5) is 13.2 Å². The maximum Gasteiger partial charge on any atom is 0.433 e. The molecule has 28 heavy (non-hydrogen) atoms. The highest BCUT2D eigenvalue weighted by Crippen LogP contribution is 2.36. The number of thiophene rings is 1. The summed E-state index contributed by atoms with van der Waals surface area (Å²) in [5.74, 6) is 0.0108. The SMILES string of the molecule is Cn1nc(-c2ccc(S(=O)(=O)n3ccc4cc(O)ccc43)s2)cc1C(F)(F)F. The number of halogens is 3. The minimum Gasteiger partial charge on any atom is -0.508 e. The topological polar surface area (TPSA) is 77.1 Å². The molecule has 1 N–H and O–H groups in total. The van der Waals surface area contributed by atoms with E-state index in [1.54, 1.807) is 6.07 Å². The van der Waals surface area contributed by atoms with Gasteiger partial charge in [0.05, 0.1) is 10.4 Å². The molecule has 0 saturated carbocycles. The smallest absolute Gasteiger partial charge is 0.433 e. The Balaban J connectivity index is 1.76. The number of hydrogen-bond donors (Lipinski definition) is 1. The quantitative estimate of drug-likeness (QED) is 0.535. The first-order chi connectivity index (χ1) is 13.1. The number of aromatic hydroxyl groups is 1.